The first kappa shape index (κ1) is 35.2. The van der Waals surface area contributed by atoms with Gasteiger partial charge in [-0.15, -0.1) is 0 Å². The highest BCUT2D eigenvalue weighted by Crippen LogP contribution is 2.37. The second kappa shape index (κ2) is 14.6. The molecular weight excluding hydrogens is 608 g/mol. The van der Waals surface area contributed by atoms with Gasteiger partial charge in [0, 0.05) is 12.1 Å². The number of ether oxygens (including phenoxy) is 2. The van der Waals surface area contributed by atoms with Crippen molar-refractivity contribution in [2.75, 3.05) is 0 Å². The molecule has 3 aliphatic rings. The quantitative estimate of drug-likeness (QED) is 0.292. The van der Waals surface area contributed by atoms with Crippen LogP contribution in [-0.4, -0.2) is 47.3 Å². The lowest BCUT2D eigenvalue weighted by Gasteiger charge is -2.37. The second-order valence-electron chi connectivity index (χ2n) is 15.5. The predicted octanol–water partition coefficient (Wildman–Crippen LogP) is 6.19. The molecule has 3 aliphatic carbocycles. The molecular formula is C38H52N4O6. The van der Waals surface area contributed by atoms with Crippen LogP contribution in [0.3, 0.4) is 0 Å². The second-order valence-corrected chi connectivity index (χ2v) is 15.5. The first-order valence-electron chi connectivity index (χ1n) is 17.4. The number of carbonyl (C=O) groups excluding carboxylic acids is 4. The van der Waals surface area contributed by atoms with Gasteiger partial charge in [0.15, 0.2) is 0 Å². The molecule has 0 spiro atoms. The zero-order valence-electron chi connectivity index (χ0n) is 29.2. The van der Waals surface area contributed by atoms with Crippen LogP contribution in [0.15, 0.2) is 48.5 Å². The number of benzene rings is 2. The molecule has 0 unspecified atom stereocenters. The molecule has 4 atom stereocenters. The van der Waals surface area contributed by atoms with Crippen LogP contribution < -0.4 is 21.3 Å². The topological polar surface area (TPSA) is 135 Å². The molecule has 4 N–H and O–H groups in total. The molecule has 5 rings (SSSR count). The van der Waals surface area contributed by atoms with Gasteiger partial charge in [-0.25, -0.2) is 9.59 Å². The van der Waals surface area contributed by atoms with Crippen LogP contribution in [0.2, 0.25) is 0 Å². The van der Waals surface area contributed by atoms with E-state index in [4.69, 9.17) is 9.47 Å². The molecule has 0 aromatic heterocycles. The van der Waals surface area contributed by atoms with Gasteiger partial charge in [-0.05, 0) is 115 Å². The van der Waals surface area contributed by atoms with Crippen LogP contribution in [0, 0.1) is 11.8 Å². The summed E-state index contributed by atoms with van der Waals surface area (Å²) < 4.78 is 11.1. The molecule has 0 saturated heterocycles. The minimum absolute atomic E-state index is 0.0202. The smallest absolute Gasteiger partial charge is 0.408 e. The lowest BCUT2D eigenvalue weighted by molar-refractivity contribution is -0.129. The third kappa shape index (κ3) is 9.08. The molecule has 48 heavy (non-hydrogen) atoms. The molecule has 0 heterocycles. The van der Waals surface area contributed by atoms with Gasteiger partial charge in [-0.1, -0.05) is 48.5 Å². The van der Waals surface area contributed by atoms with Crippen molar-refractivity contribution >= 4 is 24.0 Å². The summed E-state index contributed by atoms with van der Waals surface area (Å²) in [5.74, 6) is -0.994. The lowest BCUT2D eigenvalue weighted by atomic mass is 9.78. The molecule has 1 saturated carbocycles. The molecule has 4 amide bonds. The van der Waals surface area contributed by atoms with Gasteiger partial charge in [0.2, 0.25) is 11.8 Å². The zero-order valence-corrected chi connectivity index (χ0v) is 29.2. The molecule has 10 heteroatoms. The average molecular weight is 661 g/mol. The van der Waals surface area contributed by atoms with Crippen molar-refractivity contribution in [3.63, 3.8) is 0 Å². The van der Waals surface area contributed by atoms with Crippen molar-refractivity contribution < 1.29 is 28.7 Å². The van der Waals surface area contributed by atoms with Crippen molar-refractivity contribution in [2.45, 2.75) is 128 Å². The van der Waals surface area contributed by atoms with E-state index in [-0.39, 0.29) is 23.9 Å². The van der Waals surface area contributed by atoms with E-state index < -0.39 is 47.3 Å². The highest BCUT2D eigenvalue weighted by atomic mass is 16.6. The van der Waals surface area contributed by atoms with Gasteiger partial charge < -0.3 is 30.7 Å². The summed E-state index contributed by atoms with van der Waals surface area (Å²) in [4.78, 5) is 53.0. The highest BCUT2D eigenvalue weighted by Gasteiger charge is 2.39. The van der Waals surface area contributed by atoms with Crippen molar-refractivity contribution in [1.82, 2.24) is 21.3 Å². The maximum absolute atomic E-state index is 13.7. The van der Waals surface area contributed by atoms with E-state index in [1.54, 1.807) is 0 Å². The minimum atomic E-state index is -0.652. The first-order chi connectivity index (χ1) is 22.7. The summed E-state index contributed by atoms with van der Waals surface area (Å²) in [5, 5.41) is 12.5. The van der Waals surface area contributed by atoms with Crippen molar-refractivity contribution in [3.8, 4) is 0 Å². The fourth-order valence-electron chi connectivity index (χ4n) is 7.31. The van der Waals surface area contributed by atoms with Gasteiger partial charge in [-0.3, -0.25) is 9.59 Å². The van der Waals surface area contributed by atoms with Gasteiger partial charge in [0.1, 0.15) is 11.2 Å². The maximum Gasteiger partial charge on any atom is 0.408 e. The van der Waals surface area contributed by atoms with E-state index in [0.29, 0.717) is 12.8 Å². The van der Waals surface area contributed by atoms with E-state index in [1.807, 2.05) is 90.1 Å². The van der Waals surface area contributed by atoms with Crippen molar-refractivity contribution in [2.24, 2.45) is 11.8 Å². The van der Waals surface area contributed by atoms with E-state index in [9.17, 15) is 19.2 Å². The Morgan fingerprint density at radius 3 is 1.25 bits per heavy atom. The summed E-state index contributed by atoms with van der Waals surface area (Å²) in [6.45, 7) is 10.9. The lowest BCUT2D eigenvalue weighted by Crippen LogP contribution is -2.50. The Balaban J connectivity index is 1.18. The number of nitrogens with one attached hydrogen (secondary N) is 4. The standard InChI is InChI=1S/C38H52N4O6/c1-37(2,3)47-35(45)41-31-27-13-9-7-11-23(27)15-21-29(31)33(43)39-25-17-19-26(20-18-25)40-34(44)30-22-16-24-12-8-10-14-28(24)32(30)42-36(46)48-38(4,5)6/h7-14,25-26,29-32H,15-22H2,1-6H3,(H,39,43)(H,40,44)(H,41,45)(H,42,46)/t25?,26?,29-,30-,31+,32+/m0/s1. The number of amides is 4. The summed E-state index contributed by atoms with van der Waals surface area (Å²) in [6, 6.07) is 14.9. The number of fused-ring (bicyclic) bond motifs is 2. The molecule has 10 nitrogen and oxygen atoms in total. The van der Waals surface area contributed by atoms with E-state index in [0.717, 1.165) is 60.8 Å². The largest absolute Gasteiger partial charge is 0.444 e. The van der Waals surface area contributed by atoms with Crippen LogP contribution in [-0.2, 0) is 31.9 Å². The number of aryl methyl sites for hydroxylation is 2. The number of alkyl carbamates (subject to hydrolysis) is 2. The van der Waals surface area contributed by atoms with Crippen LogP contribution in [0.1, 0.15) is 114 Å². The molecule has 1 fully saturated rings. The number of hydrogen-bond acceptors (Lipinski definition) is 6. The highest BCUT2D eigenvalue weighted by molar-refractivity contribution is 5.82. The number of carbonyl (C=O) groups is 4. The first-order valence-corrected chi connectivity index (χ1v) is 17.4. The monoisotopic (exact) mass is 660 g/mol. The number of rotatable bonds is 6. The predicted molar refractivity (Wildman–Crippen MR) is 183 cm³/mol. The van der Waals surface area contributed by atoms with Gasteiger partial charge in [-0.2, -0.15) is 0 Å². The van der Waals surface area contributed by atoms with Gasteiger partial charge in [0.25, 0.3) is 0 Å². The van der Waals surface area contributed by atoms with Crippen molar-refractivity contribution in [1.29, 1.82) is 0 Å². The maximum atomic E-state index is 13.7. The molecule has 0 aliphatic heterocycles. The molecule has 260 valence electrons. The van der Waals surface area contributed by atoms with Gasteiger partial charge in [0.05, 0.1) is 23.9 Å². The van der Waals surface area contributed by atoms with Crippen LogP contribution in [0.4, 0.5) is 9.59 Å². The number of hydrogen-bond donors (Lipinski definition) is 4. The summed E-state index contributed by atoms with van der Waals surface area (Å²) >= 11 is 0. The van der Waals surface area contributed by atoms with Crippen molar-refractivity contribution in [3.05, 3.63) is 70.8 Å². The Labute approximate surface area is 284 Å². The SMILES string of the molecule is CC(C)(C)OC(=O)N[C@@H]1c2ccccc2CC[C@@H]1C(=O)NC1CCC(NC(=O)[C@H]2CCc3ccccc3[C@H]2NC(=O)OC(C)(C)C)CC1. The Morgan fingerprint density at radius 2 is 0.896 bits per heavy atom. The third-order valence-corrected chi connectivity index (χ3v) is 9.47. The summed E-state index contributed by atoms with van der Waals surface area (Å²) in [7, 11) is 0. The Bertz CT molecular complexity index is 1370. The fourth-order valence-corrected chi connectivity index (χ4v) is 7.31. The molecule has 0 bridgehead atoms. The molecule has 2 aromatic rings. The molecule has 2 aromatic carbocycles. The van der Waals surface area contributed by atoms with E-state index in [1.165, 1.54) is 0 Å². The normalized spacial score (nSPS) is 25.4. The van der Waals surface area contributed by atoms with Crippen LogP contribution >= 0.6 is 0 Å². The van der Waals surface area contributed by atoms with Crippen LogP contribution in [0.5, 0.6) is 0 Å². The Hall–Kier alpha value is -4.08. The van der Waals surface area contributed by atoms with Crippen LogP contribution in [0.25, 0.3) is 0 Å². The Kier molecular flexibility index (Phi) is 10.7. The van der Waals surface area contributed by atoms with E-state index in [2.05, 4.69) is 21.3 Å². The fraction of sp³-hybridized carbons (Fsp3) is 0.579. The average Bonchev–Trinajstić information content (AvgIpc) is 3.00. The minimum Gasteiger partial charge on any atom is -0.444 e. The third-order valence-electron chi connectivity index (χ3n) is 9.47. The summed E-state index contributed by atoms with van der Waals surface area (Å²) in [6.07, 6.45) is 4.62. The molecule has 0 radical (unpaired) electrons. The summed E-state index contributed by atoms with van der Waals surface area (Å²) in [5.41, 5.74) is 2.85. The van der Waals surface area contributed by atoms with E-state index >= 15 is 0 Å². The zero-order chi connectivity index (χ0) is 34.6. The Morgan fingerprint density at radius 1 is 0.542 bits per heavy atom. The van der Waals surface area contributed by atoms with Gasteiger partial charge >= 0.3 is 12.2 Å².